The molecule has 0 aliphatic heterocycles. The molecule has 0 saturated heterocycles. The summed E-state index contributed by atoms with van der Waals surface area (Å²) >= 11 is 5.39. The van der Waals surface area contributed by atoms with Gasteiger partial charge in [-0.05, 0) is 52.2 Å². The summed E-state index contributed by atoms with van der Waals surface area (Å²) in [6.07, 6.45) is 0. The van der Waals surface area contributed by atoms with Gasteiger partial charge >= 0.3 is 0 Å². The maximum Gasteiger partial charge on any atom is 0.0361 e. The van der Waals surface area contributed by atoms with Gasteiger partial charge in [-0.1, -0.05) is 64.5 Å². The summed E-state index contributed by atoms with van der Waals surface area (Å²) in [6, 6.07) is 28.5. The Labute approximate surface area is 152 Å². The summed E-state index contributed by atoms with van der Waals surface area (Å²) in [5.74, 6) is 0. The monoisotopic (exact) mass is 388 g/mol. The van der Waals surface area contributed by atoms with E-state index in [-0.39, 0.29) is 0 Å². The van der Waals surface area contributed by atoms with Crippen LogP contribution in [0.1, 0.15) is 0 Å². The van der Waals surface area contributed by atoms with Crippen LogP contribution in [0, 0.1) is 0 Å². The maximum absolute atomic E-state index is 3.51. The van der Waals surface area contributed by atoms with E-state index in [0.29, 0.717) is 0 Å². The molecule has 0 bridgehead atoms. The van der Waals surface area contributed by atoms with Crippen molar-refractivity contribution in [3.05, 3.63) is 83.3 Å². The summed E-state index contributed by atoms with van der Waals surface area (Å²) in [6.45, 7) is 0. The van der Waals surface area contributed by atoms with Crippen LogP contribution in [-0.4, -0.2) is 0 Å². The van der Waals surface area contributed by atoms with Crippen molar-refractivity contribution in [2.75, 3.05) is 0 Å². The van der Waals surface area contributed by atoms with Crippen molar-refractivity contribution >= 4 is 58.2 Å². The van der Waals surface area contributed by atoms with Crippen LogP contribution >= 0.6 is 27.3 Å². The molecule has 5 rings (SSSR count). The van der Waals surface area contributed by atoms with E-state index in [0.717, 1.165) is 4.47 Å². The van der Waals surface area contributed by atoms with Crippen molar-refractivity contribution in [3.8, 4) is 11.1 Å². The highest BCUT2D eigenvalue weighted by Gasteiger charge is 2.10. The highest BCUT2D eigenvalue weighted by Crippen LogP contribution is 2.40. The van der Waals surface area contributed by atoms with Gasteiger partial charge in [0.1, 0.15) is 0 Å². The van der Waals surface area contributed by atoms with E-state index in [9.17, 15) is 0 Å². The van der Waals surface area contributed by atoms with E-state index in [1.807, 2.05) is 11.3 Å². The molecule has 5 aromatic rings. The Morgan fingerprint density at radius 2 is 1.38 bits per heavy atom. The second kappa shape index (κ2) is 5.44. The van der Waals surface area contributed by atoms with Crippen LogP contribution in [0.2, 0.25) is 0 Å². The normalized spacial score (nSPS) is 11.5. The van der Waals surface area contributed by atoms with Crippen LogP contribution in [0.5, 0.6) is 0 Å². The number of benzene rings is 4. The topological polar surface area (TPSA) is 0 Å². The van der Waals surface area contributed by atoms with Gasteiger partial charge in [0.25, 0.3) is 0 Å². The van der Waals surface area contributed by atoms with Gasteiger partial charge in [-0.25, -0.2) is 0 Å². The fourth-order valence-electron chi connectivity index (χ4n) is 3.37. The Balaban J connectivity index is 1.86. The second-order valence-corrected chi connectivity index (χ2v) is 7.98. The van der Waals surface area contributed by atoms with Crippen LogP contribution in [0.15, 0.2) is 83.3 Å². The second-order valence-electron chi connectivity index (χ2n) is 5.98. The SMILES string of the molecule is Brc1ccc(-c2ccc3sc4ccc5ccccc5c4c3c2)cc1. The Hall–Kier alpha value is -2.16. The third-order valence-electron chi connectivity index (χ3n) is 4.54. The van der Waals surface area contributed by atoms with E-state index in [1.165, 1.54) is 42.1 Å². The molecule has 0 unspecified atom stereocenters. The lowest BCUT2D eigenvalue weighted by atomic mass is 10.0. The molecule has 2 heteroatoms. The summed E-state index contributed by atoms with van der Waals surface area (Å²) in [5.41, 5.74) is 2.52. The predicted octanol–water partition coefficient (Wildman–Crippen LogP) is 7.64. The van der Waals surface area contributed by atoms with Crippen molar-refractivity contribution in [1.29, 1.82) is 0 Å². The van der Waals surface area contributed by atoms with Crippen LogP contribution in [-0.2, 0) is 0 Å². The smallest absolute Gasteiger partial charge is 0.0361 e. The van der Waals surface area contributed by atoms with Crippen molar-refractivity contribution in [3.63, 3.8) is 0 Å². The largest absolute Gasteiger partial charge is 0.135 e. The standard InChI is InChI=1S/C22H13BrS/c23-17-9-5-14(6-10-17)16-8-11-20-19(13-16)22-18-4-2-1-3-15(18)7-12-21(22)24-20/h1-13H. The molecule has 0 aliphatic rings. The average molecular weight is 389 g/mol. The molecule has 0 radical (unpaired) electrons. The zero-order valence-electron chi connectivity index (χ0n) is 12.8. The lowest BCUT2D eigenvalue weighted by Gasteiger charge is -2.04. The van der Waals surface area contributed by atoms with Crippen molar-refractivity contribution in [1.82, 2.24) is 0 Å². The first-order valence-electron chi connectivity index (χ1n) is 7.89. The molecule has 0 nitrogen and oxygen atoms in total. The molecule has 1 aromatic heterocycles. The molecule has 0 fully saturated rings. The highest BCUT2D eigenvalue weighted by atomic mass is 79.9. The number of fused-ring (bicyclic) bond motifs is 5. The number of hydrogen-bond acceptors (Lipinski definition) is 1. The van der Waals surface area contributed by atoms with Crippen LogP contribution in [0.25, 0.3) is 42.1 Å². The minimum Gasteiger partial charge on any atom is -0.135 e. The minimum absolute atomic E-state index is 1.11. The van der Waals surface area contributed by atoms with E-state index in [1.54, 1.807) is 0 Å². The van der Waals surface area contributed by atoms with Gasteiger partial charge < -0.3 is 0 Å². The molecule has 0 aliphatic carbocycles. The Kier molecular flexibility index (Phi) is 3.22. The maximum atomic E-state index is 3.51. The number of hydrogen-bond donors (Lipinski definition) is 0. The third kappa shape index (κ3) is 2.18. The van der Waals surface area contributed by atoms with Crippen LogP contribution in [0.4, 0.5) is 0 Å². The average Bonchev–Trinajstić information content (AvgIpc) is 3.00. The molecule has 0 saturated carbocycles. The molecule has 24 heavy (non-hydrogen) atoms. The number of thiophene rings is 1. The van der Waals surface area contributed by atoms with Gasteiger partial charge in [0.15, 0.2) is 0 Å². The van der Waals surface area contributed by atoms with E-state index >= 15 is 0 Å². The molecule has 0 spiro atoms. The van der Waals surface area contributed by atoms with Gasteiger partial charge in [0.05, 0.1) is 0 Å². The number of halogens is 1. The molecule has 0 atom stereocenters. The lowest BCUT2D eigenvalue weighted by Crippen LogP contribution is -1.78. The Morgan fingerprint density at radius 3 is 2.25 bits per heavy atom. The molecule has 114 valence electrons. The van der Waals surface area contributed by atoms with Crippen molar-refractivity contribution in [2.24, 2.45) is 0 Å². The molecule has 0 amide bonds. The van der Waals surface area contributed by atoms with Crippen LogP contribution < -0.4 is 0 Å². The number of rotatable bonds is 1. The predicted molar refractivity (Wildman–Crippen MR) is 110 cm³/mol. The minimum atomic E-state index is 1.11. The van der Waals surface area contributed by atoms with Crippen molar-refractivity contribution in [2.45, 2.75) is 0 Å². The van der Waals surface area contributed by atoms with Crippen LogP contribution in [0.3, 0.4) is 0 Å². The fraction of sp³-hybridized carbons (Fsp3) is 0. The fourth-order valence-corrected chi connectivity index (χ4v) is 4.74. The highest BCUT2D eigenvalue weighted by molar-refractivity contribution is 9.10. The summed E-state index contributed by atoms with van der Waals surface area (Å²) < 4.78 is 3.82. The van der Waals surface area contributed by atoms with Gasteiger partial charge in [-0.2, -0.15) is 0 Å². The third-order valence-corrected chi connectivity index (χ3v) is 6.20. The van der Waals surface area contributed by atoms with Gasteiger partial charge in [0, 0.05) is 24.6 Å². The first kappa shape index (κ1) is 14.2. The zero-order chi connectivity index (χ0) is 16.1. The molecule has 0 N–H and O–H groups in total. The van der Waals surface area contributed by atoms with Gasteiger partial charge in [-0.15, -0.1) is 11.3 Å². The van der Waals surface area contributed by atoms with E-state index in [2.05, 4.69) is 94.8 Å². The molecular formula is C22H13BrS. The van der Waals surface area contributed by atoms with E-state index < -0.39 is 0 Å². The molecule has 4 aromatic carbocycles. The van der Waals surface area contributed by atoms with Crippen molar-refractivity contribution < 1.29 is 0 Å². The lowest BCUT2D eigenvalue weighted by molar-refractivity contribution is 1.62. The first-order valence-corrected chi connectivity index (χ1v) is 9.50. The van der Waals surface area contributed by atoms with Gasteiger partial charge in [-0.3, -0.25) is 0 Å². The zero-order valence-corrected chi connectivity index (χ0v) is 15.2. The molecule has 1 heterocycles. The molecular weight excluding hydrogens is 376 g/mol. The quantitative estimate of drug-likeness (QED) is 0.276. The summed E-state index contributed by atoms with van der Waals surface area (Å²) in [4.78, 5) is 0. The van der Waals surface area contributed by atoms with Gasteiger partial charge in [0.2, 0.25) is 0 Å². The summed E-state index contributed by atoms with van der Waals surface area (Å²) in [7, 11) is 0. The summed E-state index contributed by atoms with van der Waals surface area (Å²) in [5, 5.41) is 5.38. The van der Waals surface area contributed by atoms with E-state index in [4.69, 9.17) is 0 Å². The first-order chi connectivity index (χ1) is 11.8. The Morgan fingerprint density at radius 1 is 0.625 bits per heavy atom. The Bertz CT molecular complexity index is 1200.